The van der Waals surface area contributed by atoms with E-state index < -0.39 is 5.97 Å². The highest BCUT2D eigenvalue weighted by atomic mass is 16.5. The van der Waals surface area contributed by atoms with Crippen molar-refractivity contribution < 1.29 is 14.3 Å². The van der Waals surface area contributed by atoms with Gasteiger partial charge >= 0.3 is 5.97 Å². The summed E-state index contributed by atoms with van der Waals surface area (Å²) in [5, 5.41) is 14.7. The van der Waals surface area contributed by atoms with Crippen molar-refractivity contribution in [1.82, 2.24) is 20.2 Å². The second-order valence-corrected chi connectivity index (χ2v) is 5.13. The largest absolute Gasteiger partial charge is 0.465 e. The van der Waals surface area contributed by atoms with E-state index in [4.69, 9.17) is 0 Å². The lowest BCUT2D eigenvalue weighted by atomic mass is 10.2. The van der Waals surface area contributed by atoms with E-state index in [-0.39, 0.29) is 12.5 Å². The highest BCUT2D eigenvalue weighted by molar-refractivity contribution is 5.92. The van der Waals surface area contributed by atoms with Gasteiger partial charge in [-0.3, -0.25) is 4.79 Å². The lowest BCUT2D eigenvalue weighted by Crippen LogP contribution is -2.20. The molecule has 3 rings (SSSR count). The molecular weight excluding hydrogens is 322 g/mol. The normalized spacial score (nSPS) is 10.3. The van der Waals surface area contributed by atoms with Crippen LogP contribution in [0.1, 0.15) is 10.4 Å². The first-order valence-electron chi connectivity index (χ1n) is 7.47. The van der Waals surface area contributed by atoms with Crippen LogP contribution in [-0.4, -0.2) is 39.2 Å². The number of hydrogen-bond acceptors (Lipinski definition) is 6. The Balaban J connectivity index is 1.61. The van der Waals surface area contributed by atoms with Crippen molar-refractivity contribution in [2.45, 2.75) is 6.54 Å². The van der Waals surface area contributed by atoms with Gasteiger partial charge in [-0.15, -0.1) is 10.2 Å². The molecule has 126 valence electrons. The summed E-state index contributed by atoms with van der Waals surface area (Å²) in [4.78, 5) is 24.7. The van der Waals surface area contributed by atoms with Gasteiger partial charge in [0.05, 0.1) is 12.7 Å². The number of carbonyl (C=O) groups excluding carboxylic acids is 2. The van der Waals surface area contributed by atoms with Gasteiger partial charge in [-0.2, -0.15) is 4.80 Å². The van der Waals surface area contributed by atoms with Crippen molar-refractivity contribution in [3.05, 3.63) is 60.2 Å². The van der Waals surface area contributed by atoms with Gasteiger partial charge in [0.1, 0.15) is 6.54 Å². The molecule has 1 N–H and O–H groups in total. The average Bonchev–Trinajstić information content (AvgIpc) is 3.10. The summed E-state index contributed by atoms with van der Waals surface area (Å²) < 4.78 is 4.62. The third-order valence-electron chi connectivity index (χ3n) is 3.36. The molecule has 0 aliphatic carbocycles. The van der Waals surface area contributed by atoms with Gasteiger partial charge in [0, 0.05) is 11.3 Å². The van der Waals surface area contributed by atoms with Crippen LogP contribution in [0.4, 0.5) is 5.69 Å². The fourth-order valence-corrected chi connectivity index (χ4v) is 2.15. The molecule has 1 aromatic heterocycles. The minimum absolute atomic E-state index is 0.0708. The van der Waals surface area contributed by atoms with Crippen molar-refractivity contribution in [2.75, 3.05) is 12.4 Å². The second kappa shape index (κ2) is 7.35. The van der Waals surface area contributed by atoms with Gasteiger partial charge in [-0.05, 0) is 29.5 Å². The van der Waals surface area contributed by atoms with Crippen LogP contribution in [0.15, 0.2) is 54.6 Å². The van der Waals surface area contributed by atoms with Crippen molar-refractivity contribution in [2.24, 2.45) is 0 Å². The Labute approximate surface area is 143 Å². The van der Waals surface area contributed by atoms with E-state index in [2.05, 4.69) is 25.5 Å². The van der Waals surface area contributed by atoms with Crippen LogP contribution in [0.5, 0.6) is 0 Å². The summed E-state index contributed by atoms with van der Waals surface area (Å²) in [6.45, 7) is -0.0708. The smallest absolute Gasteiger partial charge is 0.337 e. The van der Waals surface area contributed by atoms with Crippen LogP contribution in [0.3, 0.4) is 0 Å². The number of rotatable bonds is 5. The molecule has 0 spiro atoms. The zero-order valence-electron chi connectivity index (χ0n) is 13.4. The number of esters is 1. The van der Waals surface area contributed by atoms with Crippen LogP contribution in [0.2, 0.25) is 0 Å². The number of anilines is 1. The molecule has 2 aromatic carbocycles. The van der Waals surface area contributed by atoms with Crippen LogP contribution < -0.4 is 5.32 Å². The molecule has 25 heavy (non-hydrogen) atoms. The maximum absolute atomic E-state index is 12.1. The Kier molecular flexibility index (Phi) is 4.79. The first-order chi connectivity index (χ1) is 12.2. The predicted molar refractivity (Wildman–Crippen MR) is 89.7 cm³/mol. The number of hydrogen-bond donors (Lipinski definition) is 1. The first kappa shape index (κ1) is 16.3. The highest BCUT2D eigenvalue weighted by Crippen LogP contribution is 2.12. The maximum Gasteiger partial charge on any atom is 0.337 e. The molecule has 0 saturated carbocycles. The molecular formula is C17H15N5O3. The molecule has 8 nitrogen and oxygen atoms in total. The number of aromatic nitrogens is 4. The van der Waals surface area contributed by atoms with E-state index in [1.54, 1.807) is 24.3 Å². The number of ether oxygens (including phenoxy) is 1. The quantitative estimate of drug-likeness (QED) is 0.712. The van der Waals surface area contributed by atoms with E-state index >= 15 is 0 Å². The Morgan fingerprint density at radius 3 is 2.48 bits per heavy atom. The van der Waals surface area contributed by atoms with Crippen molar-refractivity contribution in [1.29, 1.82) is 0 Å². The summed E-state index contributed by atoms with van der Waals surface area (Å²) >= 11 is 0. The second-order valence-electron chi connectivity index (χ2n) is 5.13. The number of methoxy groups -OCH3 is 1. The molecule has 0 aliphatic heterocycles. The minimum Gasteiger partial charge on any atom is -0.465 e. The van der Waals surface area contributed by atoms with Crippen LogP contribution in [0.25, 0.3) is 11.4 Å². The fraction of sp³-hybridized carbons (Fsp3) is 0.118. The van der Waals surface area contributed by atoms with Gasteiger partial charge < -0.3 is 10.1 Å². The Bertz CT molecular complexity index is 875. The molecule has 0 unspecified atom stereocenters. The number of amides is 1. The first-order valence-corrected chi connectivity index (χ1v) is 7.47. The minimum atomic E-state index is -0.432. The topological polar surface area (TPSA) is 99.0 Å². The van der Waals surface area contributed by atoms with Gasteiger partial charge in [0.25, 0.3) is 0 Å². The molecule has 1 amide bonds. The van der Waals surface area contributed by atoms with Crippen LogP contribution >= 0.6 is 0 Å². The maximum atomic E-state index is 12.1. The van der Waals surface area contributed by atoms with Crippen LogP contribution in [-0.2, 0) is 16.1 Å². The molecule has 1 heterocycles. The van der Waals surface area contributed by atoms with Crippen molar-refractivity contribution >= 4 is 17.6 Å². The third kappa shape index (κ3) is 4.05. The predicted octanol–water partition coefficient (Wildman–Crippen LogP) is 1.77. The third-order valence-corrected chi connectivity index (χ3v) is 3.36. The Morgan fingerprint density at radius 2 is 1.80 bits per heavy atom. The van der Waals surface area contributed by atoms with Crippen molar-refractivity contribution in [3.63, 3.8) is 0 Å². The van der Waals surface area contributed by atoms with E-state index in [0.717, 1.165) is 5.56 Å². The SMILES string of the molecule is COC(=O)c1ccc(NC(=O)Cn2nnc(-c3ccccc3)n2)cc1. The summed E-state index contributed by atoms with van der Waals surface area (Å²) in [5.74, 6) is -0.281. The van der Waals surface area contributed by atoms with E-state index in [0.29, 0.717) is 17.1 Å². The number of nitrogens with zero attached hydrogens (tertiary/aromatic N) is 4. The summed E-state index contributed by atoms with van der Waals surface area (Å²) in [6, 6.07) is 15.8. The molecule has 0 fully saturated rings. The van der Waals surface area contributed by atoms with Gasteiger partial charge in [-0.25, -0.2) is 4.79 Å². The summed E-state index contributed by atoms with van der Waals surface area (Å²) in [7, 11) is 1.31. The molecule has 0 bridgehead atoms. The monoisotopic (exact) mass is 337 g/mol. The average molecular weight is 337 g/mol. The molecule has 8 heteroatoms. The molecule has 0 aliphatic rings. The fourth-order valence-electron chi connectivity index (χ4n) is 2.15. The molecule has 3 aromatic rings. The van der Waals surface area contributed by atoms with E-state index in [1.165, 1.54) is 11.9 Å². The lowest BCUT2D eigenvalue weighted by Gasteiger charge is -2.05. The zero-order chi connectivity index (χ0) is 17.6. The Morgan fingerprint density at radius 1 is 1.08 bits per heavy atom. The summed E-state index contributed by atoms with van der Waals surface area (Å²) in [5.41, 5.74) is 1.79. The number of benzene rings is 2. The zero-order valence-corrected chi connectivity index (χ0v) is 13.4. The van der Waals surface area contributed by atoms with Crippen LogP contribution in [0, 0.1) is 0 Å². The standard InChI is InChI=1S/C17H15N5O3/c1-25-17(24)13-7-9-14(10-8-13)18-15(23)11-22-20-16(19-21-22)12-5-3-2-4-6-12/h2-10H,11H2,1H3,(H,18,23). The van der Waals surface area contributed by atoms with E-state index in [9.17, 15) is 9.59 Å². The van der Waals surface area contributed by atoms with Gasteiger partial charge in [-0.1, -0.05) is 30.3 Å². The number of carbonyl (C=O) groups is 2. The molecule has 0 radical (unpaired) electrons. The molecule has 0 atom stereocenters. The molecule has 0 saturated heterocycles. The summed E-state index contributed by atoms with van der Waals surface area (Å²) in [6.07, 6.45) is 0. The van der Waals surface area contributed by atoms with E-state index in [1.807, 2.05) is 30.3 Å². The van der Waals surface area contributed by atoms with Gasteiger partial charge in [0.15, 0.2) is 0 Å². The van der Waals surface area contributed by atoms with Gasteiger partial charge in [0.2, 0.25) is 11.7 Å². The highest BCUT2D eigenvalue weighted by Gasteiger charge is 2.10. The Hall–Kier alpha value is -3.55. The van der Waals surface area contributed by atoms with Crippen molar-refractivity contribution in [3.8, 4) is 11.4 Å². The number of nitrogens with one attached hydrogen (secondary N) is 1. The lowest BCUT2D eigenvalue weighted by molar-refractivity contribution is -0.117. The number of tetrazole rings is 1.